The topological polar surface area (TPSA) is 95.4 Å². The molecule has 1 aromatic carbocycles. The summed E-state index contributed by atoms with van der Waals surface area (Å²) in [5, 5.41) is 3.36. The van der Waals surface area contributed by atoms with Crippen LogP contribution in [0.3, 0.4) is 0 Å². The predicted molar refractivity (Wildman–Crippen MR) is 137 cm³/mol. The lowest BCUT2D eigenvalue weighted by molar-refractivity contribution is 0.0655. The molecule has 1 aliphatic rings. The summed E-state index contributed by atoms with van der Waals surface area (Å²) in [7, 11) is 0. The molecule has 37 heavy (non-hydrogen) atoms. The minimum atomic E-state index is -0.480. The molecule has 4 aromatic heterocycles. The largest absolute Gasteiger partial charge is 0.349 e. The van der Waals surface area contributed by atoms with Gasteiger partial charge in [-0.1, -0.05) is 11.6 Å². The van der Waals surface area contributed by atoms with Gasteiger partial charge in [0.15, 0.2) is 0 Å². The van der Waals surface area contributed by atoms with Crippen molar-refractivity contribution in [2.45, 2.75) is 18.4 Å². The highest BCUT2D eigenvalue weighted by Crippen LogP contribution is 2.32. The Morgan fingerprint density at radius 1 is 1.16 bits per heavy atom. The number of imidazole rings is 1. The molecule has 0 bridgehead atoms. The number of amides is 2. The molecular formula is C27H22ClFN6O2. The van der Waals surface area contributed by atoms with Gasteiger partial charge in [0.25, 0.3) is 11.8 Å². The molecule has 0 radical (unpaired) electrons. The number of carbonyl (C=O) groups is 2. The van der Waals surface area contributed by atoms with Gasteiger partial charge in [-0.2, -0.15) is 0 Å². The van der Waals surface area contributed by atoms with Crippen molar-refractivity contribution in [1.29, 1.82) is 0 Å². The summed E-state index contributed by atoms with van der Waals surface area (Å²) in [5.41, 5.74) is 3.69. The molecule has 2 N–H and O–H groups in total. The van der Waals surface area contributed by atoms with Crippen LogP contribution in [0, 0.1) is 5.82 Å². The smallest absolute Gasteiger partial charge is 0.268 e. The van der Waals surface area contributed by atoms with Crippen molar-refractivity contribution < 1.29 is 14.0 Å². The molecular weight excluding hydrogens is 495 g/mol. The van der Waals surface area contributed by atoms with Crippen LogP contribution in [0.15, 0.2) is 73.4 Å². The molecule has 2 amide bonds. The molecule has 0 spiro atoms. The maximum absolute atomic E-state index is 14.2. The molecule has 1 fully saturated rings. The number of nitrogens with one attached hydrogen (secondary N) is 2. The Balaban J connectivity index is 1.31. The molecule has 10 heteroatoms. The standard InChI is InChI=1S/C27H22ClFN6O2/c28-17-9-16(10-18(29)11-17)19-5-8-34(27(37)20-3-2-7-35-15-30-13-25(20)35)14-24(19)33-26(36)23-12-22-21(32-23)4-1-6-31-22/h1-4,6-7,9-13,15,19,24,32H,5,8,14H2,(H,33,36)/t19-,24+/m0/s1. The van der Waals surface area contributed by atoms with Gasteiger partial charge < -0.3 is 19.6 Å². The van der Waals surface area contributed by atoms with Crippen LogP contribution in [0.2, 0.25) is 5.02 Å². The van der Waals surface area contributed by atoms with Crippen LogP contribution in [-0.2, 0) is 0 Å². The van der Waals surface area contributed by atoms with Crippen molar-refractivity contribution in [3.63, 3.8) is 0 Å². The summed E-state index contributed by atoms with van der Waals surface area (Å²) in [4.78, 5) is 40.1. The van der Waals surface area contributed by atoms with Gasteiger partial charge in [-0.25, -0.2) is 9.37 Å². The lowest BCUT2D eigenvalue weighted by atomic mass is 9.84. The number of nitrogens with zero attached hydrogens (tertiary/aromatic N) is 4. The zero-order valence-corrected chi connectivity index (χ0v) is 20.3. The van der Waals surface area contributed by atoms with Gasteiger partial charge >= 0.3 is 0 Å². The fraction of sp³-hybridized carbons (Fsp3) is 0.185. The molecule has 1 saturated heterocycles. The van der Waals surface area contributed by atoms with Crippen molar-refractivity contribution in [2.24, 2.45) is 0 Å². The Labute approximate surface area is 216 Å². The van der Waals surface area contributed by atoms with E-state index in [0.29, 0.717) is 40.8 Å². The number of pyridine rings is 2. The van der Waals surface area contributed by atoms with Crippen molar-refractivity contribution in [1.82, 2.24) is 29.6 Å². The molecule has 0 unspecified atom stereocenters. The first-order valence-electron chi connectivity index (χ1n) is 11.9. The number of H-pyrrole nitrogens is 1. The Hall–Kier alpha value is -4.24. The van der Waals surface area contributed by atoms with E-state index in [1.54, 1.807) is 58.4 Å². The molecule has 5 aromatic rings. The van der Waals surface area contributed by atoms with Gasteiger partial charge in [0, 0.05) is 36.4 Å². The average Bonchev–Trinajstić information content (AvgIpc) is 3.55. The fourth-order valence-electron chi connectivity index (χ4n) is 5.10. The Kier molecular flexibility index (Phi) is 5.84. The van der Waals surface area contributed by atoms with E-state index < -0.39 is 11.9 Å². The van der Waals surface area contributed by atoms with Crippen LogP contribution in [0.25, 0.3) is 16.6 Å². The number of benzene rings is 1. The van der Waals surface area contributed by atoms with Crippen molar-refractivity contribution in [2.75, 3.05) is 13.1 Å². The lowest BCUT2D eigenvalue weighted by Crippen LogP contribution is -2.53. The summed E-state index contributed by atoms with van der Waals surface area (Å²) in [6.45, 7) is 0.687. The number of piperidine rings is 1. The molecule has 186 valence electrons. The van der Waals surface area contributed by atoms with Crippen LogP contribution in [-0.4, -0.2) is 55.2 Å². The molecule has 5 heterocycles. The molecule has 0 saturated carbocycles. The van der Waals surface area contributed by atoms with Crippen LogP contribution in [0.1, 0.15) is 38.7 Å². The third-order valence-electron chi connectivity index (χ3n) is 6.85. The Bertz CT molecular complexity index is 1590. The van der Waals surface area contributed by atoms with E-state index in [-0.39, 0.29) is 29.3 Å². The van der Waals surface area contributed by atoms with Crippen molar-refractivity contribution >= 4 is 40.0 Å². The highest BCUT2D eigenvalue weighted by Gasteiger charge is 2.35. The third kappa shape index (κ3) is 4.42. The number of aromatic amines is 1. The van der Waals surface area contributed by atoms with Gasteiger partial charge in [0.05, 0.1) is 40.7 Å². The van der Waals surface area contributed by atoms with Crippen molar-refractivity contribution in [3.05, 3.63) is 101 Å². The zero-order valence-electron chi connectivity index (χ0n) is 19.6. The Morgan fingerprint density at radius 3 is 2.89 bits per heavy atom. The SMILES string of the molecule is O=C(N[C@@H]1CN(C(=O)c2cccn3cncc23)CC[C@H]1c1cc(F)cc(Cl)c1)c1cc2ncccc2[nH]1. The van der Waals surface area contributed by atoms with Gasteiger partial charge in [0.2, 0.25) is 0 Å². The van der Waals surface area contributed by atoms with Crippen LogP contribution >= 0.6 is 11.6 Å². The lowest BCUT2D eigenvalue weighted by Gasteiger charge is -2.39. The van der Waals surface area contributed by atoms with E-state index in [1.165, 1.54) is 12.1 Å². The van der Waals surface area contributed by atoms with Gasteiger partial charge in [-0.3, -0.25) is 14.6 Å². The number of carbonyl (C=O) groups excluding carboxylic acids is 2. The van der Waals surface area contributed by atoms with Gasteiger partial charge in [-0.15, -0.1) is 0 Å². The highest BCUT2D eigenvalue weighted by molar-refractivity contribution is 6.30. The normalized spacial score (nSPS) is 17.8. The van der Waals surface area contributed by atoms with E-state index in [2.05, 4.69) is 20.3 Å². The van der Waals surface area contributed by atoms with Gasteiger partial charge in [0.1, 0.15) is 11.5 Å². The van der Waals surface area contributed by atoms with E-state index >= 15 is 0 Å². The van der Waals surface area contributed by atoms with E-state index in [0.717, 1.165) is 5.52 Å². The number of hydrogen-bond donors (Lipinski definition) is 2. The molecule has 2 atom stereocenters. The summed E-state index contributed by atoms with van der Waals surface area (Å²) >= 11 is 6.16. The molecule has 6 rings (SSSR count). The Morgan fingerprint density at radius 2 is 2.05 bits per heavy atom. The first-order chi connectivity index (χ1) is 18.0. The summed E-state index contributed by atoms with van der Waals surface area (Å²) in [6, 6.07) is 12.8. The maximum Gasteiger partial charge on any atom is 0.268 e. The summed E-state index contributed by atoms with van der Waals surface area (Å²) < 4.78 is 16.0. The first kappa shape index (κ1) is 23.2. The number of aromatic nitrogens is 4. The number of likely N-dealkylation sites (tertiary alicyclic amines) is 1. The number of rotatable bonds is 4. The number of fused-ring (bicyclic) bond motifs is 2. The second kappa shape index (κ2) is 9.33. The van der Waals surface area contributed by atoms with Gasteiger partial charge in [-0.05, 0) is 60.5 Å². The fourth-order valence-corrected chi connectivity index (χ4v) is 5.33. The third-order valence-corrected chi connectivity index (χ3v) is 7.06. The second-order valence-electron chi connectivity index (χ2n) is 9.16. The maximum atomic E-state index is 14.2. The summed E-state index contributed by atoms with van der Waals surface area (Å²) in [5.74, 6) is -1.17. The number of halogens is 2. The van der Waals surface area contributed by atoms with Crippen LogP contribution < -0.4 is 5.32 Å². The summed E-state index contributed by atoms with van der Waals surface area (Å²) in [6.07, 6.45) is 7.31. The minimum Gasteiger partial charge on any atom is -0.349 e. The zero-order chi connectivity index (χ0) is 25.5. The highest BCUT2D eigenvalue weighted by atomic mass is 35.5. The molecule has 1 aliphatic heterocycles. The quantitative estimate of drug-likeness (QED) is 0.369. The molecule has 0 aliphatic carbocycles. The average molecular weight is 517 g/mol. The molecule has 8 nitrogen and oxygen atoms in total. The van der Waals surface area contributed by atoms with E-state index in [4.69, 9.17) is 11.6 Å². The van der Waals surface area contributed by atoms with Crippen LogP contribution in [0.5, 0.6) is 0 Å². The minimum absolute atomic E-state index is 0.157. The van der Waals surface area contributed by atoms with Crippen LogP contribution in [0.4, 0.5) is 4.39 Å². The van der Waals surface area contributed by atoms with E-state index in [9.17, 15) is 14.0 Å². The number of hydrogen-bond acceptors (Lipinski definition) is 4. The van der Waals surface area contributed by atoms with E-state index in [1.807, 2.05) is 12.3 Å². The van der Waals surface area contributed by atoms with Crippen molar-refractivity contribution in [3.8, 4) is 0 Å². The second-order valence-corrected chi connectivity index (χ2v) is 9.59. The predicted octanol–water partition coefficient (Wildman–Crippen LogP) is 4.43. The monoisotopic (exact) mass is 516 g/mol. The first-order valence-corrected chi connectivity index (χ1v) is 12.2.